The van der Waals surface area contributed by atoms with E-state index in [9.17, 15) is 9.59 Å². The minimum atomic E-state index is -0.311. The normalized spacial score (nSPS) is 15.4. The number of carbonyl (C=O) groups is 2. The molecule has 0 aliphatic carbocycles. The number of nitrogens with one attached hydrogen (secondary N) is 1. The number of hydrogen-bond acceptors (Lipinski definition) is 4. The summed E-state index contributed by atoms with van der Waals surface area (Å²) in [7, 11) is 0. The first-order chi connectivity index (χ1) is 17.1. The topological polar surface area (TPSA) is 80.1 Å². The van der Waals surface area contributed by atoms with Gasteiger partial charge in [0.05, 0.1) is 5.69 Å². The Morgan fingerprint density at radius 2 is 1.66 bits per heavy atom. The van der Waals surface area contributed by atoms with Gasteiger partial charge in [0, 0.05) is 42.6 Å². The Bertz CT molecular complexity index is 1320. The zero-order valence-electron chi connectivity index (χ0n) is 19.0. The van der Waals surface area contributed by atoms with E-state index >= 15 is 0 Å². The van der Waals surface area contributed by atoms with Crippen molar-refractivity contribution in [2.75, 3.05) is 13.1 Å². The first kappa shape index (κ1) is 22.8. The molecule has 2 amide bonds. The van der Waals surface area contributed by atoms with Gasteiger partial charge in [-0.15, -0.1) is 5.10 Å². The fraction of sp³-hybridized carbons (Fsp3) is 0.185. The minimum Gasteiger partial charge on any atom is -0.350 e. The fourth-order valence-corrected chi connectivity index (χ4v) is 4.44. The van der Waals surface area contributed by atoms with Crippen molar-refractivity contribution in [3.05, 3.63) is 101 Å². The zero-order chi connectivity index (χ0) is 24.2. The van der Waals surface area contributed by atoms with Crippen molar-refractivity contribution >= 4 is 23.4 Å². The van der Waals surface area contributed by atoms with E-state index in [1.54, 1.807) is 4.68 Å². The Kier molecular flexibility index (Phi) is 6.59. The maximum atomic E-state index is 13.2. The quantitative estimate of drug-likeness (QED) is 0.421. The van der Waals surface area contributed by atoms with Crippen LogP contribution >= 0.6 is 11.6 Å². The lowest BCUT2D eigenvalue weighted by Crippen LogP contribution is -2.31. The average molecular weight is 486 g/mol. The number of para-hydroxylation sites is 1. The molecule has 1 saturated heterocycles. The molecule has 4 aromatic rings. The molecule has 1 atom stereocenters. The highest BCUT2D eigenvalue weighted by atomic mass is 35.5. The van der Waals surface area contributed by atoms with Crippen molar-refractivity contribution in [3.63, 3.8) is 0 Å². The van der Waals surface area contributed by atoms with Crippen LogP contribution in [-0.2, 0) is 11.3 Å². The highest BCUT2D eigenvalue weighted by molar-refractivity contribution is 6.30. The monoisotopic (exact) mass is 485 g/mol. The summed E-state index contributed by atoms with van der Waals surface area (Å²) >= 11 is 5.96. The summed E-state index contributed by atoms with van der Waals surface area (Å²) in [5, 5.41) is 12.1. The summed E-state index contributed by atoms with van der Waals surface area (Å²) in [6, 6.07) is 26.7. The first-order valence-electron chi connectivity index (χ1n) is 11.5. The lowest BCUT2D eigenvalue weighted by atomic mass is 10.1. The number of benzene rings is 3. The van der Waals surface area contributed by atoms with E-state index in [0.717, 1.165) is 16.8 Å². The van der Waals surface area contributed by atoms with Gasteiger partial charge in [-0.2, -0.15) is 0 Å². The molecule has 1 fully saturated rings. The third-order valence-corrected chi connectivity index (χ3v) is 6.32. The summed E-state index contributed by atoms with van der Waals surface area (Å²) in [5.74, 6) is -0.197. The smallest absolute Gasteiger partial charge is 0.274 e. The average Bonchev–Trinajstić information content (AvgIpc) is 3.49. The Labute approximate surface area is 208 Å². The standard InChI is InChI=1S/C27H24ClN5O2/c28-22-13-11-19(12-14-22)17-32-18-20(15-24(32)34)16-29-27(35)25-26(21-7-3-1-4-8-21)33(31-30-25)23-9-5-2-6-10-23/h1-14,20H,15-18H2,(H,29,35). The van der Waals surface area contributed by atoms with E-state index < -0.39 is 0 Å². The lowest BCUT2D eigenvalue weighted by molar-refractivity contribution is -0.128. The van der Waals surface area contributed by atoms with Gasteiger partial charge in [-0.3, -0.25) is 9.59 Å². The maximum Gasteiger partial charge on any atom is 0.274 e. The zero-order valence-corrected chi connectivity index (χ0v) is 19.7. The molecular formula is C27H24ClN5O2. The molecular weight excluding hydrogens is 462 g/mol. The molecule has 7 nitrogen and oxygen atoms in total. The molecule has 1 aliphatic rings. The second-order valence-electron chi connectivity index (χ2n) is 8.58. The number of nitrogens with zero attached hydrogens (tertiary/aromatic N) is 4. The van der Waals surface area contributed by atoms with Crippen molar-refractivity contribution in [2.45, 2.75) is 13.0 Å². The summed E-state index contributed by atoms with van der Waals surface area (Å²) in [5.41, 5.74) is 3.56. The van der Waals surface area contributed by atoms with E-state index in [4.69, 9.17) is 11.6 Å². The molecule has 1 aliphatic heterocycles. The summed E-state index contributed by atoms with van der Waals surface area (Å²) in [6.45, 7) is 1.50. The van der Waals surface area contributed by atoms with Crippen molar-refractivity contribution < 1.29 is 9.59 Å². The van der Waals surface area contributed by atoms with E-state index in [-0.39, 0.29) is 23.4 Å². The van der Waals surface area contributed by atoms with Crippen LogP contribution in [0.25, 0.3) is 16.9 Å². The molecule has 0 saturated carbocycles. The maximum absolute atomic E-state index is 13.2. The highest BCUT2D eigenvalue weighted by Crippen LogP contribution is 2.26. The molecule has 0 bridgehead atoms. The van der Waals surface area contributed by atoms with Crippen molar-refractivity contribution in [2.24, 2.45) is 5.92 Å². The van der Waals surface area contributed by atoms with Crippen molar-refractivity contribution in [1.29, 1.82) is 0 Å². The third-order valence-electron chi connectivity index (χ3n) is 6.07. The molecule has 35 heavy (non-hydrogen) atoms. The third kappa shape index (κ3) is 5.10. The molecule has 0 spiro atoms. The van der Waals surface area contributed by atoms with Gasteiger partial charge in [-0.1, -0.05) is 77.5 Å². The second-order valence-corrected chi connectivity index (χ2v) is 9.02. The first-order valence-corrected chi connectivity index (χ1v) is 11.8. The van der Waals surface area contributed by atoms with Crippen LogP contribution in [0.5, 0.6) is 0 Å². The SMILES string of the molecule is O=C(NCC1CC(=O)N(Cc2ccc(Cl)cc2)C1)c1nnn(-c2ccccc2)c1-c1ccccc1. The van der Waals surface area contributed by atoms with Gasteiger partial charge >= 0.3 is 0 Å². The number of hydrogen-bond donors (Lipinski definition) is 1. The van der Waals surface area contributed by atoms with Gasteiger partial charge in [-0.05, 0) is 29.8 Å². The Morgan fingerprint density at radius 3 is 2.37 bits per heavy atom. The molecule has 0 radical (unpaired) electrons. The highest BCUT2D eigenvalue weighted by Gasteiger charge is 2.30. The van der Waals surface area contributed by atoms with Crippen LogP contribution < -0.4 is 5.32 Å². The Morgan fingerprint density at radius 1 is 0.971 bits per heavy atom. The predicted molar refractivity (Wildman–Crippen MR) is 134 cm³/mol. The number of rotatable bonds is 7. The Hall–Kier alpha value is -3.97. The van der Waals surface area contributed by atoms with Crippen LogP contribution in [0.2, 0.25) is 5.02 Å². The van der Waals surface area contributed by atoms with Gasteiger partial charge in [0.25, 0.3) is 5.91 Å². The van der Waals surface area contributed by atoms with E-state index in [1.807, 2.05) is 89.8 Å². The largest absolute Gasteiger partial charge is 0.350 e. The number of halogens is 1. The summed E-state index contributed by atoms with van der Waals surface area (Å²) in [4.78, 5) is 27.5. The predicted octanol–water partition coefficient (Wildman–Crippen LogP) is 4.37. The van der Waals surface area contributed by atoms with Crippen LogP contribution in [0.3, 0.4) is 0 Å². The summed E-state index contributed by atoms with van der Waals surface area (Å²) in [6.07, 6.45) is 0.399. The summed E-state index contributed by atoms with van der Waals surface area (Å²) < 4.78 is 1.68. The van der Waals surface area contributed by atoms with Crippen LogP contribution in [0.15, 0.2) is 84.9 Å². The molecule has 2 heterocycles. The fourth-order valence-electron chi connectivity index (χ4n) is 4.31. The molecule has 1 N–H and O–H groups in total. The van der Waals surface area contributed by atoms with Crippen LogP contribution in [0.1, 0.15) is 22.5 Å². The van der Waals surface area contributed by atoms with Gasteiger partial charge in [-0.25, -0.2) is 4.68 Å². The lowest BCUT2D eigenvalue weighted by Gasteiger charge is -2.17. The number of carbonyl (C=O) groups excluding carboxylic acids is 2. The molecule has 1 unspecified atom stereocenters. The Balaban J connectivity index is 1.29. The van der Waals surface area contributed by atoms with Crippen LogP contribution in [-0.4, -0.2) is 44.8 Å². The minimum absolute atomic E-state index is 0.0306. The number of likely N-dealkylation sites (tertiary alicyclic amines) is 1. The van der Waals surface area contributed by atoms with Crippen molar-refractivity contribution in [1.82, 2.24) is 25.2 Å². The molecule has 176 valence electrons. The van der Waals surface area contributed by atoms with Crippen LogP contribution in [0.4, 0.5) is 0 Å². The van der Waals surface area contributed by atoms with E-state index in [2.05, 4.69) is 15.6 Å². The molecule has 3 aromatic carbocycles. The van der Waals surface area contributed by atoms with Crippen molar-refractivity contribution in [3.8, 4) is 16.9 Å². The van der Waals surface area contributed by atoms with Gasteiger partial charge in [0.15, 0.2) is 5.69 Å². The van der Waals surface area contributed by atoms with Crippen LogP contribution in [0, 0.1) is 5.92 Å². The number of amides is 2. The van der Waals surface area contributed by atoms with Gasteiger partial charge in [0.2, 0.25) is 5.91 Å². The van der Waals surface area contributed by atoms with E-state index in [1.165, 1.54) is 0 Å². The second kappa shape index (κ2) is 10.1. The molecule has 1 aromatic heterocycles. The van der Waals surface area contributed by atoms with Gasteiger partial charge < -0.3 is 10.2 Å². The molecule has 8 heteroatoms. The van der Waals surface area contributed by atoms with E-state index in [0.29, 0.717) is 36.8 Å². The molecule has 5 rings (SSSR count). The number of aromatic nitrogens is 3. The van der Waals surface area contributed by atoms with Gasteiger partial charge in [0.1, 0.15) is 5.69 Å².